The summed E-state index contributed by atoms with van der Waals surface area (Å²) in [7, 11) is 0. The number of hydrogen-bond acceptors (Lipinski definition) is 2. The van der Waals surface area contributed by atoms with Crippen LogP contribution in [0, 0.1) is 0 Å². The Kier molecular flexibility index (Phi) is 11.5. The molecule has 0 aliphatic rings. The highest BCUT2D eigenvalue weighted by Gasteiger charge is 2.08. The van der Waals surface area contributed by atoms with Gasteiger partial charge in [-0.15, -0.1) is 0 Å². The zero-order valence-corrected chi connectivity index (χ0v) is 20.8. The van der Waals surface area contributed by atoms with E-state index in [2.05, 4.69) is 0 Å². The van der Waals surface area contributed by atoms with Gasteiger partial charge >= 0.3 is 0 Å². The first-order valence-corrected chi connectivity index (χ1v) is 11.4. The molecule has 4 rings (SSSR count). The molecule has 0 atom stereocenters. The van der Waals surface area contributed by atoms with Crippen molar-refractivity contribution in [2.75, 3.05) is 0 Å². The van der Waals surface area contributed by atoms with Crippen LogP contribution in [0.25, 0.3) is 0 Å². The second-order valence-electron chi connectivity index (χ2n) is 6.42. The minimum Gasteiger partial charge on any atom is -0.289 e. The van der Waals surface area contributed by atoms with Gasteiger partial charge in [0.1, 0.15) is 0 Å². The molecule has 0 saturated carbocycles. The summed E-state index contributed by atoms with van der Waals surface area (Å²) in [5.74, 6) is -0.0340. The van der Waals surface area contributed by atoms with E-state index < -0.39 is 5.24 Å². The van der Waals surface area contributed by atoms with E-state index in [0.717, 1.165) is 5.02 Å². The van der Waals surface area contributed by atoms with Crippen molar-refractivity contribution in [1.29, 1.82) is 0 Å². The van der Waals surface area contributed by atoms with E-state index in [0.29, 0.717) is 31.8 Å². The van der Waals surface area contributed by atoms with Crippen molar-refractivity contribution in [3.8, 4) is 0 Å². The monoisotopic (exact) mass is 536 g/mol. The lowest BCUT2D eigenvalue weighted by atomic mass is 10.0. The van der Waals surface area contributed by atoms with Gasteiger partial charge in [0.2, 0.25) is 0 Å². The zero-order chi connectivity index (χ0) is 24.2. The van der Waals surface area contributed by atoms with Crippen LogP contribution >= 0.6 is 58.0 Å². The van der Waals surface area contributed by atoms with Crippen LogP contribution in [0.3, 0.4) is 0 Å². The van der Waals surface area contributed by atoms with Crippen molar-refractivity contribution in [2.24, 2.45) is 0 Å². The van der Waals surface area contributed by atoms with Crippen molar-refractivity contribution >= 4 is 69.0 Å². The van der Waals surface area contributed by atoms with Crippen molar-refractivity contribution < 1.29 is 9.59 Å². The molecule has 7 heteroatoms. The molecule has 0 aliphatic carbocycles. The SMILES string of the molecule is Clc1ccccc1.O=C(Cl)c1ccc(Cl)cc1.O=C(c1ccc(Cl)cc1)c1ccc(Cl)cc1. The first-order chi connectivity index (χ1) is 15.8. The fourth-order valence-corrected chi connectivity index (χ4v) is 3.01. The number of benzene rings is 4. The molecule has 0 amide bonds. The van der Waals surface area contributed by atoms with Crippen LogP contribution in [0.4, 0.5) is 0 Å². The van der Waals surface area contributed by atoms with Gasteiger partial charge in [-0.05, 0) is 96.5 Å². The largest absolute Gasteiger partial charge is 0.289 e. The summed E-state index contributed by atoms with van der Waals surface area (Å²) >= 11 is 27.8. The Morgan fingerprint density at radius 1 is 0.424 bits per heavy atom. The third kappa shape index (κ3) is 10.00. The predicted molar refractivity (Wildman–Crippen MR) is 139 cm³/mol. The van der Waals surface area contributed by atoms with E-state index in [-0.39, 0.29) is 5.78 Å². The fraction of sp³-hybridized carbons (Fsp3) is 0. The summed E-state index contributed by atoms with van der Waals surface area (Å²) in [5, 5.41) is 2.17. The molecule has 0 fully saturated rings. The van der Waals surface area contributed by atoms with Crippen LogP contribution in [0.2, 0.25) is 20.1 Å². The first-order valence-electron chi connectivity index (χ1n) is 9.48. The van der Waals surface area contributed by atoms with Gasteiger partial charge in [0.05, 0.1) is 0 Å². The number of hydrogen-bond donors (Lipinski definition) is 0. The van der Waals surface area contributed by atoms with Crippen molar-refractivity contribution in [2.45, 2.75) is 0 Å². The summed E-state index contributed by atoms with van der Waals surface area (Å²) in [5.41, 5.74) is 1.70. The molecule has 0 bridgehead atoms. The van der Waals surface area contributed by atoms with E-state index in [1.807, 2.05) is 30.3 Å². The van der Waals surface area contributed by atoms with Gasteiger partial charge in [-0.2, -0.15) is 0 Å². The zero-order valence-electron chi connectivity index (χ0n) is 17.0. The lowest BCUT2D eigenvalue weighted by molar-refractivity contribution is 0.103. The van der Waals surface area contributed by atoms with Gasteiger partial charge in [-0.1, -0.05) is 64.6 Å². The number of ketones is 1. The first kappa shape index (κ1) is 26.9. The molecule has 0 radical (unpaired) electrons. The van der Waals surface area contributed by atoms with E-state index in [1.165, 1.54) is 0 Å². The van der Waals surface area contributed by atoms with Crippen molar-refractivity contribution in [3.05, 3.63) is 140 Å². The quantitative estimate of drug-likeness (QED) is 0.192. The van der Waals surface area contributed by atoms with Crippen LogP contribution in [-0.2, 0) is 0 Å². The van der Waals surface area contributed by atoms with Crippen LogP contribution in [0.15, 0.2) is 103 Å². The maximum atomic E-state index is 12.0. The molecule has 33 heavy (non-hydrogen) atoms. The van der Waals surface area contributed by atoms with E-state index in [4.69, 9.17) is 58.0 Å². The standard InChI is InChI=1S/C13H8Cl2O.C7H4Cl2O.C6H5Cl/c14-11-5-1-9(2-6-11)13(16)10-3-7-12(15)8-4-10;8-6-3-1-5(2-4-6)7(9)10;7-6-4-2-1-3-5-6/h1-8H;1-4H;1-5H. The second kappa shape index (κ2) is 14.0. The minimum absolute atomic E-state index is 0.0340. The van der Waals surface area contributed by atoms with E-state index in [1.54, 1.807) is 72.8 Å². The van der Waals surface area contributed by atoms with Gasteiger partial charge in [0.25, 0.3) is 5.24 Å². The highest BCUT2D eigenvalue weighted by Crippen LogP contribution is 2.16. The predicted octanol–water partition coefficient (Wildman–Crippen LogP) is 9.28. The highest BCUT2D eigenvalue weighted by atomic mass is 35.5. The Morgan fingerprint density at radius 3 is 1.00 bits per heavy atom. The molecular weight excluding hydrogens is 522 g/mol. The fourth-order valence-electron chi connectivity index (χ4n) is 2.36. The maximum Gasteiger partial charge on any atom is 0.252 e. The molecule has 0 N–H and O–H groups in total. The smallest absolute Gasteiger partial charge is 0.252 e. The summed E-state index contributed by atoms with van der Waals surface area (Å²) < 4.78 is 0. The van der Waals surface area contributed by atoms with Gasteiger partial charge < -0.3 is 0 Å². The Balaban J connectivity index is 0.000000193. The minimum atomic E-state index is -0.461. The summed E-state index contributed by atoms with van der Waals surface area (Å²) in [4.78, 5) is 22.5. The Bertz CT molecular complexity index is 1110. The van der Waals surface area contributed by atoms with Crippen LogP contribution in [0.5, 0.6) is 0 Å². The molecular formula is C26H17Cl5O2. The van der Waals surface area contributed by atoms with Crippen LogP contribution < -0.4 is 0 Å². The normalized spacial score (nSPS) is 9.61. The van der Waals surface area contributed by atoms with Gasteiger partial charge in [-0.25, -0.2) is 0 Å². The Hall–Kier alpha value is -2.33. The number of carbonyl (C=O) groups is 2. The molecule has 0 heterocycles. The molecule has 0 aliphatic heterocycles. The molecule has 0 saturated heterocycles. The van der Waals surface area contributed by atoms with Crippen molar-refractivity contribution in [3.63, 3.8) is 0 Å². The average molecular weight is 539 g/mol. The number of carbonyl (C=O) groups excluding carboxylic acids is 2. The third-order valence-corrected chi connectivity index (χ3v) is 5.24. The average Bonchev–Trinajstić information content (AvgIpc) is 2.81. The van der Waals surface area contributed by atoms with E-state index in [9.17, 15) is 9.59 Å². The summed E-state index contributed by atoms with van der Waals surface area (Å²) in [6.45, 7) is 0. The number of halogens is 5. The molecule has 0 unspecified atom stereocenters. The van der Waals surface area contributed by atoms with E-state index >= 15 is 0 Å². The third-order valence-electron chi connectivity index (χ3n) is 4.02. The molecule has 168 valence electrons. The van der Waals surface area contributed by atoms with Gasteiger partial charge in [0.15, 0.2) is 5.78 Å². The Labute approximate surface area is 217 Å². The number of rotatable bonds is 3. The second-order valence-corrected chi connectivity index (χ2v) is 8.51. The topological polar surface area (TPSA) is 34.1 Å². The lowest BCUT2D eigenvalue weighted by Gasteiger charge is -2.01. The maximum absolute atomic E-state index is 12.0. The molecule has 4 aromatic rings. The highest BCUT2D eigenvalue weighted by molar-refractivity contribution is 6.67. The summed E-state index contributed by atoms with van der Waals surface area (Å²) in [6, 6.07) is 29.5. The lowest BCUT2D eigenvalue weighted by Crippen LogP contribution is -2.00. The molecule has 0 spiro atoms. The van der Waals surface area contributed by atoms with Gasteiger partial charge in [0, 0.05) is 36.8 Å². The van der Waals surface area contributed by atoms with Crippen molar-refractivity contribution in [1.82, 2.24) is 0 Å². The van der Waals surface area contributed by atoms with Gasteiger partial charge in [-0.3, -0.25) is 9.59 Å². The van der Waals surface area contributed by atoms with Crippen LogP contribution in [-0.4, -0.2) is 11.0 Å². The van der Waals surface area contributed by atoms with Crippen LogP contribution in [0.1, 0.15) is 26.3 Å². The summed E-state index contributed by atoms with van der Waals surface area (Å²) in [6.07, 6.45) is 0. The molecule has 2 nitrogen and oxygen atoms in total. The Morgan fingerprint density at radius 2 is 0.727 bits per heavy atom. The molecule has 0 aromatic heterocycles. The molecule has 4 aromatic carbocycles.